The van der Waals surface area contributed by atoms with Crippen LogP contribution >= 0.6 is 11.3 Å². The van der Waals surface area contributed by atoms with E-state index in [4.69, 9.17) is 0 Å². The first-order valence-electron chi connectivity index (χ1n) is 9.99. The van der Waals surface area contributed by atoms with Crippen LogP contribution < -0.4 is 4.90 Å². The summed E-state index contributed by atoms with van der Waals surface area (Å²) >= 11 is 1.56. The second-order valence-corrected chi connectivity index (χ2v) is 8.73. The van der Waals surface area contributed by atoms with Crippen LogP contribution in [0.3, 0.4) is 0 Å². The molecule has 0 saturated carbocycles. The number of aromatic nitrogens is 3. The largest absolute Gasteiger partial charge is 0.334 e. The van der Waals surface area contributed by atoms with Crippen molar-refractivity contribution in [3.05, 3.63) is 58.9 Å². The molecule has 0 radical (unpaired) electrons. The number of piperazine rings is 1. The minimum absolute atomic E-state index is 0.0914. The van der Waals surface area contributed by atoms with Gasteiger partial charge in [0.1, 0.15) is 5.01 Å². The van der Waals surface area contributed by atoms with E-state index < -0.39 is 0 Å². The van der Waals surface area contributed by atoms with E-state index in [1.54, 1.807) is 17.5 Å². The van der Waals surface area contributed by atoms with Crippen molar-refractivity contribution in [2.75, 3.05) is 18.0 Å². The summed E-state index contributed by atoms with van der Waals surface area (Å²) in [4.78, 5) is 31.6. The van der Waals surface area contributed by atoms with Gasteiger partial charge >= 0.3 is 0 Å². The fourth-order valence-corrected chi connectivity index (χ4v) is 5.28. The summed E-state index contributed by atoms with van der Waals surface area (Å²) in [5.74, 6) is 0.902. The molecule has 3 aromatic rings. The Kier molecular flexibility index (Phi) is 4.54. The first-order chi connectivity index (χ1) is 14.1. The molecule has 2 aromatic heterocycles. The SMILES string of the molecule is Cc1cc(C)nc(N2C3CCC2CN(C(=O)c2ccccc2-c2nccs2)C3)n1. The van der Waals surface area contributed by atoms with Gasteiger partial charge in [0.2, 0.25) is 5.95 Å². The van der Waals surface area contributed by atoms with Crippen molar-refractivity contribution in [3.8, 4) is 10.6 Å². The predicted octanol–water partition coefficient (Wildman–Crippen LogP) is 3.71. The molecule has 1 aromatic carbocycles. The minimum atomic E-state index is 0.0914. The van der Waals surface area contributed by atoms with Crippen LogP contribution in [0, 0.1) is 13.8 Å². The molecule has 6 nitrogen and oxygen atoms in total. The van der Waals surface area contributed by atoms with Crippen LogP contribution in [-0.2, 0) is 0 Å². The number of carbonyl (C=O) groups is 1. The van der Waals surface area contributed by atoms with E-state index in [0.717, 1.165) is 46.3 Å². The van der Waals surface area contributed by atoms with E-state index in [0.29, 0.717) is 13.1 Å². The molecule has 29 heavy (non-hydrogen) atoms. The lowest BCUT2D eigenvalue weighted by Crippen LogP contribution is -2.56. The molecular weight excluding hydrogens is 382 g/mol. The zero-order valence-electron chi connectivity index (χ0n) is 16.6. The number of anilines is 1. The van der Waals surface area contributed by atoms with E-state index in [9.17, 15) is 4.79 Å². The van der Waals surface area contributed by atoms with Gasteiger partial charge < -0.3 is 9.80 Å². The fraction of sp³-hybridized carbons (Fsp3) is 0.364. The Labute approximate surface area is 174 Å². The Morgan fingerprint density at radius 2 is 1.76 bits per heavy atom. The molecule has 2 aliphatic rings. The van der Waals surface area contributed by atoms with E-state index in [-0.39, 0.29) is 18.0 Å². The molecule has 2 unspecified atom stereocenters. The number of rotatable bonds is 3. The van der Waals surface area contributed by atoms with Crippen molar-refractivity contribution in [1.29, 1.82) is 0 Å². The Morgan fingerprint density at radius 1 is 1.07 bits per heavy atom. The molecule has 2 aliphatic heterocycles. The summed E-state index contributed by atoms with van der Waals surface area (Å²) in [6, 6.07) is 10.3. The summed E-state index contributed by atoms with van der Waals surface area (Å²) in [6.07, 6.45) is 3.92. The molecule has 5 rings (SSSR count). The van der Waals surface area contributed by atoms with Gasteiger partial charge in [0.25, 0.3) is 5.91 Å². The molecular formula is C22H23N5OS. The maximum absolute atomic E-state index is 13.4. The maximum atomic E-state index is 13.4. The minimum Gasteiger partial charge on any atom is -0.334 e. The van der Waals surface area contributed by atoms with Gasteiger partial charge in [0.05, 0.1) is 0 Å². The van der Waals surface area contributed by atoms with Crippen molar-refractivity contribution in [1.82, 2.24) is 19.9 Å². The van der Waals surface area contributed by atoms with Crippen molar-refractivity contribution < 1.29 is 4.79 Å². The van der Waals surface area contributed by atoms with Gasteiger partial charge in [-0.1, -0.05) is 18.2 Å². The highest BCUT2D eigenvalue weighted by Crippen LogP contribution is 2.35. The number of fused-ring (bicyclic) bond motifs is 2. The summed E-state index contributed by atoms with van der Waals surface area (Å²) in [5.41, 5.74) is 3.63. The number of hydrogen-bond donors (Lipinski definition) is 0. The highest BCUT2D eigenvalue weighted by Gasteiger charge is 2.43. The topological polar surface area (TPSA) is 62.2 Å². The Morgan fingerprint density at radius 3 is 2.41 bits per heavy atom. The molecule has 0 aliphatic carbocycles. The average molecular weight is 406 g/mol. The number of thiazole rings is 1. The number of nitrogens with zero attached hydrogens (tertiary/aromatic N) is 5. The number of aryl methyl sites for hydroxylation is 2. The third-order valence-electron chi connectivity index (χ3n) is 5.79. The van der Waals surface area contributed by atoms with Crippen molar-refractivity contribution in [3.63, 3.8) is 0 Å². The second kappa shape index (κ2) is 7.22. The zero-order valence-corrected chi connectivity index (χ0v) is 17.4. The highest BCUT2D eigenvalue weighted by atomic mass is 32.1. The molecule has 1 amide bonds. The van der Waals surface area contributed by atoms with Gasteiger partial charge in [0, 0.05) is 59.3 Å². The predicted molar refractivity (Wildman–Crippen MR) is 114 cm³/mol. The van der Waals surface area contributed by atoms with Crippen molar-refractivity contribution >= 4 is 23.2 Å². The van der Waals surface area contributed by atoms with Crippen LogP contribution in [0.15, 0.2) is 41.9 Å². The van der Waals surface area contributed by atoms with Gasteiger partial charge in [-0.15, -0.1) is 11.3 Å². The molecule has 148 valence electrons. The maximum Gasteiger partial charge on any atom is 0.254 e. The number of amides is 1. The van der Waals surface area contributed by atoms with Crippen LogP contribution in [0.2, 0.25) is 0 Å². The van der Waals surface area contributed by atoms with E-state index in [2.05, 4.69) is 19.9 Å². The van der Waals surface area contributed by atoms with Crippen LogP contribution in [0.4, 0.5) is 5.95 Å². The quantitative estimate of drug-likeness (QED) is 0.665. The Balaban J connectivity index is 1.41. The second-order valence-electron chi connectivity index (χ2n) is 7.84. The summed E-state index contributed by atoms with van der Waals surface area (Å²) in [6.45, 7) is 5.43. The standard InChI is InChI=1S/C22H23N5OS/c1-14-11-15(2)25-22(24-14)27-16-7-8-17(27)13-26(12-16)21(28)19-6-4-3-5-18(19)20-23-9-10-29-20/h3-6,9-11,16-17H,7-8,12-13H2,1-2H3. The molecule has 0 spiro atoms. The molecule has 4 heterocycles. The lowest BCUT2D eigenvalue weighted by molar-refractivity contribution is 0.0717. The van der Waals surface area contributed by atoms with Gasteiger partial charge in [-0.25, -0.2) is 15.0 Å². The van der Waals surface area contributed by atoms with Crippen LogP contribution in [0.1, 0.15) is 34.6 Å². The smallest absolute Gasteiger partial charge is 0.254 e. The summed E-state index contributed by atoms with van der Waals surface area (Å²) in [5, 5.41) is 2.83. The van der Waals surface area contributed by atoms with E-state index >= 15 is 0 Å². The first-order valence-corrected chi connectivity index (χ1v) is 10.9. The van der Waals surface area contributed by atoms with Gasteiger partial charge in [0.15, 0.2) is 0 Å². The number of hydrogen-bond acceptors (Lipinski definition) is 6. The van der Waals surface area contributed by atoms with Crippen LogP contribution in [-0.4, -0.2) is 50.9 Å². The molecule has 0 N–H and O–H groups in total. The van der Waals surface area contributed by atoms with E-state index in [1.165, 1.54) is 0 Å². The molecule has 2 atom stereocenters. The number of benzene rings is 1. The highest BCUT2D eigenvalue weighted by molar-refractivity contribution is 7.13. The monoisotopic (exact) mass is 405 g/mol. The average Bonchev–Trinajstić information content (AvgIpc) is 3.33. The fourth-order valence-electron chi connectivity index (χ4n) is 4.60. The van der Waals surface area contributed by atoms with Gasteiger partial charge in [-0.3, -0.25) is 4.79 Å². The summed E-state index contributed by atoms with van der Waals surface area (Å²) in [7, 11) is 0. The molecule has 2 saturated heterocycles. The van der Waals surface area contributed by atoms with Crippen molar-refractivity contribution in [2.45, 2.75) is 38.8 Å². The number of carbonyl (C=O) groups excluding carboxylic acids is 1. The van der Waals surface area contributed by atoms with Crippen molar-refractivity contribution in [2.24, 2.45) is 0 Å². The summed E-state index contributed by atoms with van der Waals surface area (Å²) < 4.78 is 0. The third kappa shape index (κ3) is 3.29. The van der Waals surface area contributed by atoms with Gasteiger partial charge in [-0.2, -0.15) is 0 Å². The lowest BCUT2D eigenvalue weighted by Gasteiger charge is -2.41. The van der Waals surface area contributed by atoms with Gasteiger partial charge in [-0.05, 0) is 38.8 Å². The Bertz CT molecular complexity index is 1020. The normalized spacial score (nSPS) is 20.9. The zero-order chi connectivity index (χ0) is 20.0. The van der Waals surface area contributed by atoms with Crippen LogP contribution in [0.25, 0.3) is 10.6 Å². The molecule has 7 heteroatoms. The third-order valence-corrected chi connectivity index (χ3v) is 6.60. The van der Waals surface area contributed by atoms with Crippen LogP contribution in [0.5, 0.6) is 0 Å². The number of likely N-dealkylation sites (tertiary alicyclic amines) is 1. The Hall–Kier alpha value is -2.80. The molecule has 2 bridgehead atoms. The lowest BCUT2D eigenvalue weighted by atomic mass is 10.1. The van der Waals surface area contributed by atoms with E-state index in [1.807, 2.05) is 54.5 Å². The first kappa shape index (κ1) is 18.2. The molecule has 2 fully saturated rings.